The second kappa shape index (κ2) is 3.96. The van der Waals surface area contributed by atoms with Crippen molar-refractivity contribution in [3.8, 4) is 0 Å². The molecule has 0 unspecified atom stereocenters. The molecular weight excluding hydrogens is 234 g/mol. The van der Waals surface area contributed by atoms with E-state index in [0.717, 1.165) is 0 Å². The molecule has 0 amide bonds. The molecule has 1 rings (SSSR count). The molecule has 1 N–H and O–H groups in total. The van der Waals surface area contributed by atoms with Crippen LogP contribution in [0.4, 0.5) is 0 Å². The molecule has 0 saturated carbocycles. The van der Waals surface area contributed by atoms with Crippen LogP contribution in [0.5, 0.6) is 0 Å². The van der Waals surface area contributed by atoms with Crippen molar-refractivity contribution in [3.63, 3.8) is 0 Å². The van der Waals surface area contributed by atoms with Gasteiger partial charge in [-0.2, -0.15) is 0 Å². The van der Waals surface area contributed by atoms with Gasteiger partial charge in [-0.05, 0) is 6.92 Å². The third kappa shape index (κ3) is 2.68. The number of alkyl halides is 3. The zero-order valence-electron chi connectivity index (χ0n) is 6.76. The summed E-state index contributed by atoms with van der Waals surface area (Å²) in [5.74, 6) is 0.118. The first-order valence-corrected chi connectivity index (χ1v) is 4.59. The summed E-state index contributed by atoms with van der Waals surface area (Å²) in [6, 6.07) is 0. The molecule has 0 radical (unpaired) electrons. The lowest BCUT2D eigenvalue weighted by atomic mass is 10.2. The SMILES string of the molecule is Cc1nc(C(Cl)(Cl)Cl)ncc1CO. The van der Waals surface area contributed by atoms with E-state index in [0.29, 0.717) is 11.3 Å². The van der Waals surface area contributed by atoms with Crippen molar-refractivity contribution in [1.29, 1.82) is 0 Å². The molecule has 0 aliphatic heterocycles. The quantitative estimate of drug-likeness (QED) is 0.766. The molecule has 0 aliphatic rings. The Morgan fingerprint density at radius 3 is 2.46 bits per heavy atom. The summed E-state index contributed by atoms with van der Waals surface area (Å²) in [7, 11) is 0. The van der Waals surface area contributed by atoms with Crippen molar-refractivity contribution in [2.24, 2.45) is 0 Å². The van der Waals surface area contributed by atoms with Crippen molar-refractivity contribution in [1.82, 2.24) is 9.97 Å². The normalized spacial score (nSPS) is 11.8. The van der Waals surface area contributed by atoms with Crippen LogP contribution >= 0.6 is 34.8 Å². The Morgan fingerprint density at radius 1 is 1.46 bits per heavy atom. The van der Waals surface area contributed by atoms with Gasteiger partial charge in [-0.25, -0.2) is 9.97 Å². The first kappa shape index (κ1) is 11.0. The predicted octanol–water partition coefficient (Wildman–Crippen LogP) is 2.10. The van der Waals surface area contributed by atoms with Crippen molar-refractivity contribution >= 4 is 34.8 Å². The molecule has 72 valence electrons. The van der Waals surface area contributed by atoms with Crippen LogP contribution in [-0.4, -0.2) is 15.1 Å². The summed E-state index contributed by atoms with van der Waals surface area (Å²) in [6.45, 7) is 1.60. The van der Waals surface area contributed by atoms with E-state index in [2.05, 4.69) is 9.97 Å². The van der Waals surface area contributed by atoms with Crippen LogP contribution in [0.3, 0.4) is 0 Å². The maximum absolute atomic E-state index is 8.83. The Kier molecular flexibility index (Phi) is 3.35. The average molecular weight is 242 g/mol. The minimum absolute atomic E-state index is 0.118. The molecule has 3 nitrogen and oxygen atoms in total. The molecule has 0 aromatic carbocycles. The number of rotatable bonds is 1. The topological polar surface area (TPSA) is 46.0 Å². The molecule has 0 bridgehead atoms. The van der Waals surface area contributed by atoms with E-state index in [1.807, 2.05) is 0 Å². The smallest absolute Gasteiger partial charge is 0.250 e. The molecule has 0 aliphatic carbocycles. The summed E-state index contributed by atoms with van der Waals surface area (Å²) in [4.78, 5) is 7.76. The monoisotopic (exact) mass is 240 g/mol. The summed E-state index contributed by atoms with van der Waals surface area (Å²) >= 11 is 16.7. The van der Waals surface area contributed by atoms with Gasteiger partial charge in [-0.15, -0.1) is 0 Å². The molecular formula is C7H7Cl3N2O. The van der Waals surface area contributed by atoms with Crippen molar-refractivity contribution < 1.29 is 5.11 Å². The zero-order chi connectivity index (χ0) is 10.1. The second-order valence-electron chi connectivity index (χ2n) is 2.46. The highest BCUT2D eigenvalue weighted by Crippen LogP contribution is 2.35. The standard InChI is InChI=1S/C7H7Cl3N2O/c1-4-5(3-13)2-11-6(12-4)7(8,9)10/h2,13H,3H2,1H3. The lowest BCUT2D eigenvalue weighted by Gasteiger charge is -2.10. The predicted molar refractivity (Wildman–Crippen MR) is 51.9 cm³/mol. The van der Waals surface area contributed by atoms with Crippen LogP contribution in [0.2, 0.25) is 0 Å². The first-order valence-electron chi connectivity index (χ1n) is 3.45. The molecule has 0 fully saturated rings. The van der Waals surface area contributed by atoms with Crippen molar-refractivity contribution in [3.05, 3.63) is 23.3 Å². The number of aliphatic hydroxyl groups excluding tert-OH is 1. The van der Waals surface area contributed by atoms with Crippen LogP contribution in [0.15, 0.2) is 6.20 Å². The minimum atomic E-state index is -1.61. The summed E-state index contributed by atoms with van der Waals surface area (Å²) in [5.41, 5.74) is 1.23. The summed E-state index contributed by atoms with van der Waals surface area (Å²) < 4.78 is -1.61. The first-order chi connectivity index (χ1) is 5.95. The van der Waals surface area contributed by atoms with E-state index < -0.39 is 3.79 Å². The van der Waals surface area contributed by atoms with Gasteiger partial charge in [-0.1, -0.05) is 34.8 Å². The molecule has 13 heavy (non-hydrogen) atoms. The van der Waals surface area contributed by atoms with Gasteiger partial charge in [-0.3, -0.25) is 0 Å². The van der Waals surface area contributed by atoms with Crippen LogP contribution < -0.4 is 0 Å². The van der Waals surface area contributed by atoms with Gasteiger partial charge >= 0.3 is 0 Å². The highest BCUT2D eigenvalue weighted by Gasteiger charge is 2.26. The van der Waals surface area contributed by atoms with Crippen molar-refractivity contribution in [2.75, 3.05) is 0 Å². The second-order valence-corrected chi connectivity index (χ2v) is 4.74. The third-order valence-electron chi connectivity index (χ3n) is 1.50. The van der Waals surface area contributed by atoms with Crippen LogP contribution in [0.1, 0.15) is 17.1 Å². The maximum atomic E-state index is 8.83. The highest BCUT2D eigenvalue weighted by molar-refractivity contribution is 6.66. The van der Waals surface area contributed by atoms with E-state index in [9.17, 15) is 0 Å². The van der Waals surface area contributed by atoms with Gasteiger partial charge in [0, 0.05) is 17.5 Å². The zero-order valence-corrected chi connectivity index (χ0v) is 9.03. The Balaban J connectivity index is 3.10. The lowest BCUT2D eigenvalue weighted by Crippen LogP contribution is -2.09. The number of halogens is 3. The van der Waals surface area contributed by atoms with Gasteiger partial charge < -0.3 is 5.11 Å². The average Bonchev–Trinajstić information content (AvgIpc) is 2.02. The van der Waals surface area contributed by atoms with E-state index in [4.69, 9.17) is 39.9 Å². The Bertz CT molecular complexity index is 311. The van der Waals surface area contributed by atoms with Crippen molar-refractivity contribution in [2.45, 2.75) is 17.3 Å². The number of nitrogens with zero attached hydrogens (tertiary/aromatic N) is 2. The Morgan fingerprint density at radius 2 is 2.08 bits per heavy atom. The summed E-state index contributed by atoms with van der Waals surface area (Å²) in [5, 5.41) is 8.83. The number of hydrogen-bond acceptors (Lipinski definition) is 3. The number of aryl methyl sites for hydroxylation is 1. The van der Waals surface area contributed by atoms with E-state index in [1.54, 1.807) is 6.92 Å². The van der Waals surface area contributed by atoms with Gasteiger partial charge in [0.05, 0.1) is 6.61 Å². The Hall–Kier alpha value is -0.0900. The number of aliphatic hydroxyl groups is 1. The molecule has 1 heterocycles. The lowest BCUT2D eigenvalue weighted by molar-refractivity contribution is 0.280. The van der Waals surface area contributed by atoms with Gasteiger partial charge in [0.15, 0.2) is 5.82 Å². The Labute approximate surface area is 90.7 Å². The van der Waals surface area contributed by atoms with Gasteiger partial charge in [0.25, 0.3) is 0 Å². The molecule has 1 aromatic rings. The highest BCUT2D eigenvalue weighted by atomic mass is 35.6. The fourth-order valence-corrected chi connectivity index (χ4v) is 1.06. The summed E-state index contributed by atoms with van der Waals surface area (Å²) in [6.07, 6.45) is 1.44. The molecule has 0 saturated heterocycles. The van der Waals surface area contributed by atoms with E-state index in [1.165, 1.54) is 6.20 Å². The van der Waals surface area contributed by atoms with Crippen LogP contribution in [0.25, 0.3) is 0 Å². The van der Waals surface area contributed by atoms with Gasteiger partial charge in [0.1, 0.15) is 0 Å². The number of hydrogen-bond donors (Lipinski definition) is 1. The molecule has 6 heteroatoms. The van der Waals surface area contributed by atoms with Gasteiger partial charge in [0.2, 0.25) is 3.79 Å². The van der Waals surface area contributed by atoms with E-state index >= 15 is 0 Å². The largest absolute Gasteiger partial charge is 0.392 e. The van der Waals surface area contributed by atoms with Crippen LogP contribution in [-0.2, 0) is 10.4 Å². The molecule has 0 spiro atoms. The maximum Gasteiger partial charge on any atom is 0.250 e. The fourth-order valence-electron chi connectivity index (χ4n) is 0.784. The fraction of sp³-hybridized carbons (Fsp3) is 0.429. The van der Waals surface area contributed by atoms with E-state index in [-0.39, 0.29) is 12.4 Å². The molecule has 1 aromatic heterocycles. The number of aromatic nitrogens is 2. The minimum Gasteiger partial charge on any atom is -0.392 e. The molecule has 0 atom stereocenters. The van der Waals surface area contributed by atoms with Crippen LogP contribution in [0, 0.1) is 6.92 Å². The third-order valence-corrected chi connectivity index (χ3v) is 2.01.